The second-order valence-electron chi connectivity index (χ2n) is 2.78. The van der Waals surface area contributed by atoms with Gasteiger partial charge in [-0.3, -0.25) is 0 Å². The van der Waals surface area contributed by atoms with Crippen LogP contribution in [0.2, 0.25) is 0 Å². The van der Waals surface area contributed by atoms with Gasteiger partial charge in [-0.15, -0.1) is 0 Å². The van der Waals surface area contributed by atoms with E-state index < -0.39 is 0 Å². The molecule has 0 spiro atoms. The molecule has 0 aromatic carbocycles. The van der Waals surface area contributed by atoms with Gasteiger partial charge in [0.2, 0.25) is 0 Å². The molecule has 0 aliphatic carbocycles. The Kier molecular flexibility index (Phi) is 6.43. The van der Waals surface area contributed by atoms with Crippen molar-refractivity contribution in [2.24, 2.45) is 5.92 Å². The molecule has 0 rings (SSSR count). The van der Waals surface area contributed by atoms with Crippen LogP contribution < -0.4 is 0 Å². The lowest BCUT2D eigenvalue weighted by atomic mass is 10.0. The first-order valence-electron chi connectivity index (χ1n) is 3.57. The van der Waals surface area contributed by atoms with Crippen LogP contribution in [-0.4, -0.2) is 11.7 Å². The van der Waals surface area contributed by atoms with Crippen LogP contribution in [0.1, 0.15) is 26.7 Å². The molecule has 0 unspecified atom stereocenters. The topological polar surface area (TPSA) is 20.2 Å². The molecule has 10 heavy (non-hydrogen) atoms. The van der Waals surface area contributed by atoms with Gasteiger partial charge < -0.3 is 5.11 Å². The number of allylic oxidation sites excluding steroid dienone is 1. The van der Waals surface area contributed by atoms with Gasteiger partial charge in [0.1, 0.15) is 0 Å². The largest absolute Gasteiger partial charge is 0.396 e. The molecule has 0 aromatic rings. The van der Waals surface area contributed by atoms with Gasteiger partial charge in [-0.2, -0.15) is 0 Å². The summed E-state index contributed by atoms with van der Waals surface area (Å²) in [6, 6.07) is 0. The summed E-state index contributed by atoms with van der Waals surface area (Å²) in [6.45, 7) is 4.61. The second-order valence-corrected chi connectivity index (χ2v) is 3.40. The van der Waals surface area contributed by atoms with Gasteiger partial charge in [0.25, 0.3) is 0 Å². The third kappa shape index (κ3) is 5.23. The zero-order valence-corrected chi connectivity index (χ0v) is 8.76. The van der Waals surface area contributed by atoms with Gasteiger partial charge in [-0.05, 0) is 29.8 Å². The van der Waals surface area contributed by atoms with Crippen molar-refractivity contribution in [3.05, 3.63) is 9.66 Å². The highest BCUT2D eigenvalue weighted by Crippen LogP contribution is 2.14. The maximum absolute atomic E-state index is 8.60. The molecule has 0 bridgehead atoms. The third-order valence-electron chi connectivity index (χ3n) is 1.48. The molecule has 1 N–H and O–H groups in total. The van der Waals surface area contributed by atoms with Crippen molar-refractivity contribution in [3.63, 3.8) is 0 Å². The van der Waals surface area contributed by atoms with Crippen LogP contribution in [0.4, 0.5) is 0 Å². The monoisotopic (exact) mass is 254 g/mol. The van der Waals surface area contributed by atoms with E-state index in [2.05, 4.69) is 40.5 Å². The average molecular weight is 254 g/mol. The molecule has 0 aliphatic heterocycles. The summed E-state index contributed by atoms with van der Waals surface area (Å²) in [4.78, 5) is 0. The van der Waals surface area contributed by atoms with E-state index in [-0.39, 0.29) is 0 Å². The Bertz CT molecular complexity index is 110. The molecule has 60 valence electrons. The van der Waals surface area contributed by atoms with Crippen molar-refractivity contribution in [2.45, 2.75) is 26.7 Å². The molecule has 0 aromatic heterocycles. The minimum Gasteiger partial charge on any atom is -0.396 e. The van der Waals surface area contributed by atoms with Crippen LogP contribution in [0.25, 0.3) is 0 Å². The quantitative estimate of drug-likeness (QED) is 0.765. The van der Waals surface area contributed by atoms with E-state index in [0.717, 1.165) is 12.8 Å². The van der Waals surface area contributed by atoms with Crippen molar-refractivity contribution in [1.29, 1.82) is 0 Å². The number of halogens is 1. The number of aliphatic hydroxyl groups excluding tert-OH is 1. The molecule has 0 aliphatic rings. The molecule has 1 nitrogen and oxygen atoms in total. The predicted octanol–water partition coefficient (Wildman–Crippen LogP) is 2.73. The summed E-state index contributed by atoms with van der Waals surface area (Å²) in [7, 11) is 0. The normalized spacial score (nSPS) is 15.4. The summed E-state index contributed by atoms with van der Waals surface area (Å²) in [5, 5.41) is 8.60. The smallest absolute Gasteiger partial charge is 0.0433 e. The Hall–Kier alpha value is 0.430. The number of hydrogen-bond donors (Lipinski definition) is 1. The first-order chi connectivity index (χ1) is 4.70. The Morgan fingerprint density at radius 1 is 1.70 bits per heavy atom. The van der Waals surface area contributed by atoms with Crippen LogP contribution in [0, 0.1) is 5.92 Å². The summed E-state index contributed by atoms with van der Waals surface area (Å²) < 4.78 is 2.10. The van der Waals surface area contributed by atoms with Crippen LogP contribution in [0.5, 0.6) is 0 Å². The van der Waals surface area contributed by atoms with Crippen LogP contribution in [-0.2, 0) is 0 Å². The molecule has 0 heterocycles. The van der Waals surface area contributed by atoms with Crippen molar-refractivity contribution >= 4 is 22.6 Å². The SMILES string of the molecule is C/C(=C\I)C[C@H](C)CCO. The molecule has 0 fully saturated rings. The van der Waals surface area contributed by atoms with Gasteiger partial charge in [0, 0.05) is 6.61 Å². The van der Waals surface area contributed by atoms with Gasteiger partial charge in [-0.1, -0.05) is 35.1 Å². The summed E-state index contributed by atoms with van der Waals surface area (Å²) in [5.74, 6) is 0.621. The highest BCUT2D eigenvalue weighted by atomic mass is 127. The Labute approximate surface area is 76.7 Å². The first-order valence-corrected chi connectivity index (χ1v) is 4.82. The summed E-state index contributed by atoms with van der Waals surface area (Å²) in [5.41, 5.74) is 1.40. The fourth-order valence-corrected chi connectivity index (χ4v) is 1.17. The highest BCUT2D eigenvalue weighted by Gasteiger charge is 2.00. The van der Waals surface area contributed by atoms with E-state index in [4.69, 9.17) is 5.11 Å². The number of rotatable bonds is 4. The fourth-order valence-electron chi connectivity index (χ4n) is 0.917. The van der Waals surface area contributed by atoms with E-state index in [1.54, 1.807) is 0 Å². The molecule has 1 atom stereocenters. The maximum Gasteiger partial charge on any atom is 0.0433 e. The third-order valence-corrected chi connectivity index (χ3v) is 2.54. The first kappa shape index (κ1) is 10.4. The summed E-state index contributed by atoms with van der Waals surface area (Å²) in [6.07, 6.45) is 2.03. The lowest BCUT2D eigenvalue weighted by molar-refractivity contribution is 0.262. The Morgan fingerprint density at radius 3 is 2.70 bits per heavy atom. The predicted molar refractivity (Wildman–Crippen MR) is 53.3 cm³/mol. The molecular weight excluding hydrogens is 239 g/mol. The van der Waals surface area contributed by atoms with Crippen LogP contribution in [0.3, 0.4) is 0 Å². The minimum absolute atomic E-state index is 0.315. The van der Waals surface area contributed by atoms with Crippen LogP contribution >= 0.6 is 22.6 Å². The highest BCUT2D eigenvalue weighted by molar-refractivity contribution is 14.1. The van der Waals surface area contributed by atoms with E-state index >= 15 is 0 Å². The van der Waals surface area contributed by atoms with E-state index in [1.807, 2.05) is 0 Å². The lowest BCUT2D eigenvalue weighted by Crippen LogP contribution is -1.97. The van der Waals surface area contributed by atoms with Crippen molar-refractivity contribution in [2.75, 3.05) is 6.61 Å². The van der Waals surface area contributed by atoms with E-state index in [9.17, 15) is 0 Å². The second kappa shape index (κ2) is 6.16. The fraction of sp³-hybridized carbons (Fsp3) is 0.750. The van der Waals surface area contributed by atoms with Crippen molar-refractivity contribution in [1.82, 2.24) is 0 Å². The number of hydrogen-bond acceptors (Lipinski definition) is 1. The maximum atomic E-state index is 8.60. The minimum atomic E-state index is 0.315. The summed E-state index contributed by atoms with van der Waals surface area (Å²) >= 11 is 2.25. The molecular formula is C8H15IO. The van der Waals surface area contributed by atoms with Gasteiger partial charge in [0.15, 0.2) is 0 Å². The average Bonchev–Trinajstić information content (AvgIpc) is 1.88. The number of aliphatic hydroxyl groups is 1. The van der Waals surface area contributed by atoms with Crippen LogP contribution in [0.15, 0.2) is 9.66 Å². The van der Waals surface area contributed by atoms with Gasteiger partial charge in [0.05, 0.1) is 0 Å². The zero-order valence-electron chi connectivity index (χ0n) is 6.60. The molecule has 2 heteroatoms. The van der Waals surface area contributed by atoms with Crippen molar-refractivity contribution in [3.8, 4) is 0 Å². The Morgan fingerprint density at radius 2 is 2.30 bits per heavy atom. The van der Waals surface area contributed by atoms with E-state index in [1.165, 1.54) is 5.57 Å². The molecule has 0 amide bonds. The van der Waals surface area contributed by atoms with E-state index in [0.29, 0.717) is 12.5 Å². The zero-order chi connectivity index (χ0) is 7.98. The standard InChI is InChI=1S/C8H15IO/c1-7(3-4-10)5-8(2)6-9/h6-7,10H,3-5H2,1-2H3/b8-6+/t7-/m1/s1. The molecule has 0 radical (unpaired) electrons. The molecule has 0 saturated carbocycles. The van der Waals surface area contributed by atoms with Crippen molar-refractivity contribution < 1.29 is 5.11 Å². The molecule has 0 saturated heterocycles. The van der Waals surface area contributed by atoms with Gasteiger partial charge >= 0.3 is 0 Å². The Balaban J connectivity index is 3.47. The van der Waals surface area contributed by atoms with Gasteiger partial charge in [-0.25, -0.2) is 0 Å². The lowest BCUT2D eigenvalue weighted by Gasteiger charge is -2.08.